The molecule has 0 aliphatic heterocycles. The fraction of sp³-hybridized carbons (Fsp3) is 0.923. The molecule has 1 unspecified atom stereocenters. The minimum atomic E-state index is 0.340. The highest BCUT2D eigenvalue weighted by Gasteiger charge is 2.41. The summed E-state index contributed by atoms with van der Waals surface area (Å²) in [7, 11) is 0. The van der Waals surface area contributed by atoms with Crippen molar-refractivity contribution in [3.63, 3.8) is 0 Å². The number of nitrogens with one attached hydrogen (secondary N) is 1. The van der Waals surface area contributed by atoms with Crippen molar-refractivity contribution < 1.29 is 0 Å². The molecule has 0 spiro atoms. The highest BCUT2D eigenvalue weighted by atomic mass is 14.9. The van der Waals surface area contributed by atoms with Crippen LogP contribution < -0.4 is 5.32 Å². The highest BCUT2D eigenvalue weighted by molar-refractivity contribution is 5.00. The molecule has 1 rings (SSSR count). The fourth-order valence-corrected chi connectivity index (χ4v) is 1.62. The maximum Gasteiger partial charge on any atom is 0.0628 e. The summed E-state index contributed by atoms with van der Waals surface area (Å²) < 4.78 is 0. The van der Waals surface area contributed by atoms with Crippen LogP contribution in [0.2, 0.25) is 0 Å². The first-order chi connectivity index (χ1) is 6.90. The van der Waals surface area contributed by atoms with Crippen molar-refractivity contribution in [2.45, 2.75) is 47.0 Å². The van der Waals surface area contributed by atoms with Crippen LogP contribution >= 0.6 is 0 Å². The Bertz CT molecular complexity index is 240. The second kappa shape index (κ2) is 4.53. The summed E-state index contributed by atoms with van der Waals surface area (Å²) in [5.74, 6) is 0.676. The van der Waals surface area contributed by atoms with Crippen LogP contribution in [0, 0.1) is 28.1 Å². The molecule has 1 aliphatic rings. The number of hydrogen-bond donors (Lipinski definition) is 1. The van der Waals surface area contributed by atoms with Crippen LogP contribution in [0.15, 0.2) is 0 Å². The maximum absolute atomic E-state index is 8.70. The van der Waals surface area contributed by atoms with Crippen molar-refractivity contribution in [1.82, 2.24) is 5.32 Å². The van der Waals surface area contributed by atoms with Crippen molar-refractivity contribution >= 4 is 0 Å². The van der Waals surface area contributed by atoms with E-state index in [4.69, 9.17) is 5.26 Å². The van der Waals surface area contributed by atoms with Crippen molar-refractivity contribution in [3.05, 3.63) is 0 Å². The molecule has 1 fully saturated rings. The van der Waals surface area contributed by atoms with E-state index in [9.17, 15) is 0 Å². The fourth-order valence-electron chi connectivity index (χ4n) is 1.62. The van der Waals surface area contributed by atoms with Crippen LogP contribution in [-0.4, -0.2) is 13.1 Å². The molecule has 0 bridgehead atoms. The second-order valence-corrected chi connectivity index (χ2v) is 6.23. The zero-order valence-corrected chi connectivity index (χ0v) is 10.6. The molecule has 1 saturated carbocycles. The summed E-state index contributed by atoms with van der Waals surface area (Å²) in [6.45, 7) is 11.2. The van der Waals surface area contributed by atoms with Gasteiger partial charge in [-0.2, -0.15) is 5.26 Å². The molecule has 2 heteroatoms. The number of nitriles is 1. The Morgan fingerprint density at radius 2 is 2.00 bits per heavy atom. The molecule has 0 saturated heterocycles. The van der Waals surface area contributed by atoms with Gasteiger partial charge >= 0.3 is 0 Å². The molecule has 0 aromatic heterocycles. The van der Waals surface area contributed by atoms with E-state index in [1.807, 2.05) is 0 Å². The molecule has 0 amide bonds. The first kappa shape index (κ1) is 12.5. The summed E-state index contributed by atoms with van der Waals surface area (Å²) >= 11 is 0. The van der Waals surface area contributed by atoms with Gasteiger partial charge in [-0.15, -0.1) is 0 Å². The van der Waals surface area contributed by atoms with Crippen LogP contribution in [0.1, 0.15) is 47.0 Å². The van der Waals surface area contributed by atoms with Crippen LogP contribution in [0.5, 0.6) is 0 Å². The third kappa shape index (κ3) is 3.83. The molecule has 0 aromatic rings. The Balaban J connectivity index is 2.20. The van der Waals surface area contributed by atoms with Crippen LogP contribution in [0.3, 0.4) is 0 Å². The molecule has 0 aromatic carbocycles. The summed E-state index contributed by atoms with van der Waals surface area (Å²) in [5, 5.41) is 12.2. The normalized spacial score (nSPS) is 20.7. The molecule has 1 atom stereocenters. The zero-order chi connectivity index (χ0) is 11.5. The van der Waals surface area contributed by atoms with Gasteiger partial charge in [0.25, 0.3) is 0 Å². The standard InChI is InChI=1S/C13H24N2/c1-11(12(2,3)4)9-15-10-13(5-6-13)7-8-14/h11,15H,5-7,9-10H2,1-4H3. The SMILES string of the molecule is CC(CNCC1(CC#N)CC1)C(C)(C)C. The lowest BCUT2D eigenvalue weighted by atomic mass is 9.82. The van der Waals surface area contributed by atoms with Gasteiger partial charge in [-0.1, -0.05) is 27.7 Å². The Morgan fingerprint density at radius 1 is 1.40 bits per heavy atom. The molecule has 0 radical (unpaired) electrons. The monoisotopic (exact) mass is 208 g/mol. The molecular weight excluding hydrogens is 184 g/mol. The molecule has 1 N–H and O–H groups in total. The Labute approximate surface area is 94.1 Å². The number of rotatable bonds is 5. The topological polar surface area (TPSA) is 35.8 Å². The summed E-state index contributed by atoms with van der Waals surface area (Å²) in [6.07, 6.45) is 3.19. The lowest BCUT2D eigenvalue weighted by Gasteiger charge is -2.28. The molecule has 86 valence electrons. The smallest absolute Gasteiger partial charge is 0.0628 e. The van der Waals surface area contributed by atoms with E-state index in [1.54, 1.807) is 0 Å². The average Bonchev–Trinajstić information content (AvgIpc) is 2.84. The third-order valence-electron chi connectivity index (χ3n) is 3.84. The van der Waals surface area contributed by atoms with E-state index in [0.29, 0.717) is 16.7 Å². The van der Waals surface area contributed by atoms with Crippen LogP contribution in [0.25, 0.3) is 0 Å². The molecule has 0 heterocycles. The van der Waals surface area contributed by atoms with E-state index >= 15 is 0 Å². The molecule has 15 heavy (non-hydrogen) atoms. The zero-order valence-electron chi connectivity index (χ0n) is 10.6. The Kier molecular flexibility index (Phi) is 3.78. The van der Waals surface area contributed by atoms with Crippen molar-refractivity contribution in [2.75, 3.05) is 13.1 Å². The van der Waals surface area contributed by atoms with Crippen molar-refractivity contribution in [2.24, 2.45) is 16.7 Å². The quantitative estimate of drug-likeness (QED) is 0.754. The molecule has 1 aliphatic carbocycles. The van der Waals surface area contributed by atoms with Gasteiger partial charge in [0.1, 0.15) is 0 Å². The van der Waals surface area contributed by atoms with Gasteiger partial charge < -0.3 is 5.32 Å². The third-order valence-corrected chi connectivity index (χ3v) is 3.84. The minimum Gasteiger partial charge on any atom is -0.316 e. The van der Waals surface area contributed by atoms with Gasteiger partial charge in [-0.05, 0) is 36.1 Å². The van der Waals surface area contributed by atoms with Crippen LogP contribution in [-0.2, 0) is 0 Å². The van der Waals surface area contributed by atoms with Gasteiger partial charge in [0, 0.05) is 13.0 Å². The van der Waals surface area contributed by atoms with Gasteiger partial charge in [0.2, 0.25) is 0 Å². The van der Waals surface area contributed by atoms with E-state index in [-0.39, 0.29) is 0 Å². The number of hydrogen-bond acceptors (Lipinski definition) is 2. The van der Waals surface area contributed by atoms with Crippen molar-refractivity contribution in [3.8, 4) is 6.07 Å². The first-order valence-corrected chi connectivity index (χ1v) is 5.97. The van der Waals surface area contributed by atoms with Gasteiger partial charge in [-0.3, -0.25) is 0 Å². The minimum absolute atomic E-state index is 0.340. The predicted molar refractivity (Wildman–Crippen MR) is 63.4 cm³/mol. The van der Waals surface area contributed by atoms with E-state index in [1.165, 1.54) is 12.8 Å². The number of nitrogens with zero attached hydrogens (tertiary/aromatic N) is 1. The second-order valence-electron chi connectivity index (χ2n) is 6.23. The van der Waals surface area contributed by atoms with Gasteiger partial charge in [0.05, 0.1) is 6.07 Å². The summed E-state index contributed by atoms with van der Waals surface area (Å²) in [6, 6.07) is 2.30. The van der Waals surface area contributed by atoms with Gasteiger partial charge in [0.15, 0.2) is 0 Å². The van der Waals surface area contributed by atoms with E-state index < -0.39 is 0 Å². The Hall–Kier alpha value is -0.550. The van der Waals surface area contributed by atoms with Crippen LogP contribution in [0.4, 0.5) is 0 Å². The average molecular weight is 208 g/mol. The highest BCUT2D eigenvalue weighted by Crippen LogP contribution is 2.47. The van der Waals surface area contributed by atoms with Gasteiger partial charge in [-0.25, -0.2) is 0 Å². The molecule has 2 nitrogen and oxygen atoms in total. The lowest BCUT2D eigenvalue weighted by molar-refractivity contribution is 0.247. The lowest BCUT2D eigenvalue weighted by Crippen LogP contribution is -2.33. The summed E-state index contributed by atoms with van der Waals surface area (Å²) in [5.41, 5.74) is 0.714. The first-order valence-electron chi connectivity index (χ1n) is 5.97. The maximum atomic E-state index is 8.70. The van der Waals surface area contributed by atoms with E-state index in [0.717, 1.165) is 19.5 Å². The van der Waals surface area contributed by atoms with Crippen molar-refractivity contribution in [1.29, 1.82) is 5.26 Å². The van der Waals surface area contributed by atoms with E-state index in [2.05, 4.69) is 39.1 Å². The molecular formula is C13H24N2. The largest absolute Gasteiger partial charge is 0.316 e. The Morgan fingerprint density at radius 3 is 2.40 bits per heavy atom. The summed E-state index contributed by atoms with van der Waals surface area (Å²) in [4.78, 5) is 0. The predicted octanol–water partition coefficient (Wildman–Crippen LogP) is 2.95.